The SMILES string of the molecule is NCCCC[C@H](NC(=O)[C@H](CCCCN)NC(=O)[C@H](CCCCN)NC(=O)[C@@H]1CCCN1)C(=O)N[C@@H](CCCN=C(N)N)C(=O)O. The van der Waals surface area contributed by atoms with Gasteiger partial charge in [0.05, 0.1) is 6.04 Å². The summed E-state index contributed by atoms with van der Waals surface area (Å²) in [6, 6.07) is -4.62. The third-order valence-corrected chi connectivity index (χ3v) is 7.68. The molecule has 0 aromatic carbocycles. The maximum absolute atomic E-state index is 13.6. The molecule has 17 heteroatoms. The number of carbonyl (C=O) groups is 5. The molecule has 5 atom stereocenters. The van der Waals surface area contributed by atoms with Crippen LogP contribution in [0.3, 0.4) is 0 Å². The van der Waals surface area contributed by atoms with Crippen molar-refractivity contribution in [3.8, 4) is 0 Å². The summed E-state index contributed by atoms with van der Waals surface area (Å²) in [4.78, 5) is 68.9. The van der Waals surface area contributed by atoms with E-state index in [0.29, 0.717) is 77.4 Å². The van der Waals surface area contributed by atoms with E-state index in [0.717, 1.165) is 13.0 Å². The summed E-state index contributed by atoms with van der Waals surface area (Å²) in [6.07, 6.45) is 6.11. The Bertz CT molecular complexity index is 973. The average molecular weight is 656 g/mol. The number of nitrogens with zero attached hydrogens (tertiary/aromatic N) is 1. The van der Waals surface area contributed by atoms with Crippen molar-refractivity contribution < 1.29 is 29.1 Å². The molecule has 17 nitrogen and oxygen atoms in total. The Morgan fingerprint density at radius 1 is 0.674 bits per heavy atom. The molecule has 1 aliphatic rings. The lowest BCUT2D eigenvalue weighted by atomic mass is 10.0. The van der Waals surface area contributed by atoms with Crippen LogP contribution in [0.5, 0.6) is 0 Å². The van der Waals surface area contributed by atoms with Gasteiger partial charge in [-0.2, -0.15) is 0 Å². The van der Waals surface area contributed by atoms with Crippen LogP contribution in [0.2, 0.25) is 0 Å². The summed E-state index contributed by atoms with van der Waals surface area (Å²) >= 11 is 0. The van der Waals surface area contributed by atoms with Crippen molar-refractivity contribution in [2.24, 2.45) is 33.7 Å². The van der Waals surface area contributed by atoms with Gasteiger partial charge < -0.3 is 60.4 Å². The second-order valence-corrected chi connectivity index (χ2v) is 11.5. The molecule has 0 spiro atoms. The number of nitrogens with two attached hydrogens (primary N) is 5. The van der Waals surface area contributed by atoms with Gasteiger partial charge in [-0.1, -0.05) is 0 Å². The van der Waals surface area contributed by atoms with E-state index < -0.39 is 47.9 Å². The van der Waals surface area contributed by atoms with Gasteiger partial charge in [-0.25, -0.2) is 4.79 Å². The van der Waals surface area contributed by atoms with E-state index in [1.807, 2.05) is 0 Å². The summed E-state index contributed by atoms with van der Waals surface area (Å²) in [6.45, 7) is 2.10. The molecule has 1 rings (SSSR count). The largest absolute Gasteiger partial charge is 0.480 e. The monoisotopic (exact) mass is 655 g/mol. The number of unbranched alkanes of at least 4 members (excludes halogenated alkanes) is 3. The number of hydrogen-bond acceptors (Lipinski definition) is 10. The normalized spacial score (nSPS) is 16.8. The molecule has 1 fully saturated rings. The summed E-state index contributed by atoms with van der Waals surface area (Å²) in [5.74, 6) is -3.45. The maximum atomic E-state index is 13.6. The van der Waals surface area contributed by atoms with E-state index in [4.69, 9.17) is 28.7 Å². The fourth-order valence-electron chi connectivity index (χ4n) is 5.04. The van der Waals surface area contributed by atoms with Crippen molar-refractivity contribution >= 4 is 35.6 Å². The summed E-state index contributed by atoms with van der Waals surface area (Å²) in [7, 11) is 0. The topological polar surface area (TPSA) is 308 Å². The van der Waals surface area contributed by atoms with Crippen molar-refractivity contribution in [2.75, 3.05) is 32.7 Å². The van der Waals surface area contributed by atoms with Gasteiger partial charge in [0.15, 0.2) is 5.96 Å². The molecule has 46 heavy (non-hydrogen) atoms. The van der Waals surface area contributed by atoms with Crippen molar-refractivity contribution in [3.05, 3.63) is 0 Å². The zero-order valence-electron chi connectivity index (χ0n) is 26.9. The molecule has 1 heterocycles. The molecule has 0 radical (unpaired) electrons. The van der Waals surface area contributed by atoms with Crippen LogP contribution in [0.25, 0.3) is 0 Å². The van der Waals surface area contributed by atoms with E-state index in [1.165, 1.54) is 0 Å². The Morgan fingerprint density at radius 2 is 1.11 bits per heavy atom. The Labute approximate surface area is 271 Å². The minimum atomic E-state index is -1.24. The fourth-order valence-corrected chi connectivity index (χ4v) is 5.04. The molecule has 0 aromatic rings. The van der Waals surface area contributed by atoms with Gasteiger partial charge in [0.2, 0.25) is 23.6 Å². The van der Waals surface area contributed by atoms with Crippen LogP contribution in [-0.4, -0.2) is 104 Å². The first kappa shape index (κ1) is 40.5. The molecule has 0 saturated carbocycles. The highest BCUT2D eigenvalue weighted by molar-refractivity contribution is 5.95. The molecule has 0 bridgehead atoms. The molecule has 1 saturated heterocycles. The third-order valence-electron chi connectivity index (χ3n) is 7.68. The maximum Gasteiger partial charge on any atom is 0.326 e. The van der Waals surface area contributed by atoms with E-state index in [-0.39, 0.29) is 43.7 Å². The molecule has 16 N–H and O–H groups in total. The van der Waals surface area contributed by atoms with Gasteiger partial charge in [-0.15, -0.1) is 0 Å². The predicted octanol–water partition coefficient (Wildman–Crippen LogP) is -2.80. The Kier molecular flexibility index (Phi) is 20.9. The van der Waals surface area contributed by atoms with E-state index in [2.05, 4.69) is 31.6 Å². The molecule has 0 aromatic heterocycles. The molecule has 1 aliphatic heterocycles. The highest BCUT2D eigenvalue weighted by Gasteiger charge is 2.32. The number of aliphatic imine (C=N–C) groups is 1. The molecular weight excluding hydrogens is 598 g/mol. The molecular formula is C29H57N11O6. The van der Waals surface area contributed by atoms with Crippen LogP contribution >= 0.6 is 0 Å². The fraction of sp³-hybridized carbons (Fsp3) is 0.793. The number of carboxylic acid groups (broad SMARTS) is 1. The number of guanidine groups is 1. The minimum Gasteiger partial charge on any atom is -0.480 e. The highest BCUT2D eigenvalue weighted by Crippen LogP contribution is 2.10. The lowest BCUT2D eigenvalue weighted by Crippen LogP contribution is -2.58. The van der Waals surface area contributed by atoms with Crippen LogP contribution < -0.4 is 55.3 Å². The quantitative estimate of drug-likeness (QED) is 0.0270. The van der Waals surface area contributed by atoms with Crippen molar-refractivity contribution in [3.63, 3.8) is 0 Å². The molecule has 4 amide bonds. The lowest BCUT2D eigenvalue weighted by Gasteiger charge is -2.26. The number of rotatable bonds is 25. The zero-order chi connectivity index (χ0) is 34.3. The lowest BCUT2D eigenvalue weighted by molar-refractivity contribution is -0.142. The van der Waals surface area contributed by atoms with Crippen molar-refractivity contribution in [1.29, 1.82) is 0 Å². The summed E-state index contributed by atoms with van der Waals surface area (Å²) in [5.41, 5.74) is 27.5. The van der Waals surface area contributed by atoms with E-state index in [1.54, 1.807) is 0 Å². The van der Waals surface area contributed by atoms with Gasteiger partial charge >= 0.3 is 5.97 Å². The Balaban J connectivity index is 3.08. The Hall–Kier alpha value is -3.54. The van der Waals surface area contributed by atoms with E-state index in [9.17, 15) is 29.1 Å². The first-order chi connectivity index (χ1) is 22.0. The van der Waals surface area contributed by atoms with Gasteiger partial charge in [-0.3, -0.25) is 24.2 Å². The van der Waals surface area contributed by atoms with Crippen LogP contribution in [0.1, 0.15) is 83.5 Å². The third kappa shape index (κ3) is 16.7. The van der Waals surface area contributed by atoms with Gasteiger partial charge in [0.25, 0.3) is 0 Å². The van der Waals surface area contributed by atoms with Crippen LogP contribution in [0, 0.1) is 0 Å². The van der Waals surface area contributed by atoms with Gasteiger partial charge in [0.1, 0.15) is 24.2 Å². The second kappa shape index (κ2) is 23.7. The highest BCUT2D eigenvalue weighted by atomic mass is 16.4. The zero-order valence-corrected chi connectivity index (χ0v) is 26.9. The number of hydrogen-bond donors (Lipinski definition) is 11. The number of nitrogens with one attached hydrogen (secondary N) is 5. The van der Waals surface area contributed by atoms with Crippen molar-refractivity contribution in [2.45, 2.75) is 114 Å². The molecule has 0 aliphatic carbocycles. The second-order valence-electron chi connectivity index (χ2n) is 11.5. The van der Waals surface area contributed by atoms with Crippen molar-refractivity contribution in [1.82, 2.24) is 26.6 Å². The van der Waals surface area contributed by atoms with Crippen LogP contribution in [0.15, 0.2) is 4.99 Å². The first-order valence-electron chi connectivity index (χ1n) is 16.4. The molecule has 0 unspecified atom stereocenters. The number of carbonyl (C=O) groups excluding carboxylic acids is 4. The number of aliphatic carboxylic acids is 1. The molecule has 264 valence electrons. The minimum absolute atomic E-state index is 0.0622. The average Bonchev–Trinajstić information content (AvgIpc) is 3.56. The van der Waals surface area contributed by atoms with Crippen LogP contribution in [0.4, 0.5) is 0 Å². The Morgan fingerprint density at radius 3 is 1.50 bits per heavy atom. The predicted molar refractivity (Wildman–Crippen MR) is 175 cm³/mol. The van der Waals surface area contributed by atoms with E-state index >= 15 is 0 Å². The standard InChI is InChI=1S/C29H57N11O6/c30-14-4-1-9-20(37-24(41)19-12-7-17-35-19)25(42)38-21(10-2-5-15-31)26(43)39-22(11-3-6-16-32)27(44)40-23(28(45)46)13-8-18-36-29(33)34/h19-23,35H,1-18,30-32H2,(H,37,41)(H,38,42)(H,39,43)(H,40,44)(H,45,46)(H4,33,34,36)/t19-,20-,21-,22-,23-/m0/s1. The number of carboxylic acids is 1. The first-order valence-corrected chi connectivity index (χ1v) is 16.4. The number of amides is 4. The smallest absolute Gasteiger partial charge is 0.326 e. The summed E-state index contributed by atoms with van der Waals surface area (Å²) in [5, 5.41) is 23.6. The van der Waals surface area contributed by atoms with Crippen LogP contribution in [-0.2, 0) is 24.0 Å². The van der Waals surface area contributed by atoms with Gasteiger partial charge in [0, 0.05) is 6.54 Å². The summed E-state index contributed by atoms with van der Waals surface area (Å²) < 4.78 is 0. The van der Waals surface area contributed by atoms with Gasteiger partial charge in [-0.05, 0) is 110 Å².